The molecule has 0 amide bonds. The fourth-order valence-electron chi connectivity index (χ4n) is 2.92. The number of aliphatic imine (C=N–C) groups is 1. The van der Waals surface area contributed by atoms with Crippen LogP contribution in [0.3, 0.4) is 0 Å². The second-order valence-electron chi connectivity index (χ2n) is 6.23. The number of aromatic nitrogens is 1. The maximum absolute atomic E-state index is 5.72. The Morgan fingerprint density at radius 3 is 2.79 bits per heavy atom. The number of nitrogens with one attached hydrogen (secondary N) is 2. The van der Waals surface area contributed by atoms with Crippen LogP contribution in [0.2, 0.25) is 0 Å². The van der Waals surface area contributed by atoms with E-state index >= 15 is 0 Å². The van der Waals surface area contributed by atoms with Crippen LogP contribution in [0.1, 0.15) is 18.2 Å². The van der Waals surface area contributed by atoms with E-state index in [9.17, 15) is 0 Å². The Bertz CT molecular complexity index is 947. The summed E-state index contributed by atoms with van der Waals surface area (Å²) in [7, 11) is 0. The molecule has 28 heavy (non-hydrogen) atoms. The summed E-state index contributed by atoms with van der Waals surface area (Å²) < 4.78 is 5.72. The second kappa shape index (κ2) is 10.1. The highest BCUT2D eigenvalue weighted by atomic mass is 16.5. The predicted octanol–water partition coefficient (Wildman–Crippen LogP) is 4.05. The summed E-state index contributed by atoms with van der Waals surface area (Å²) in [6.07, 6.45) is 3.58. The SMILES string of the molecule is C=CCOc1ccccc1CN=C(NCC)NCc1nccc2ccccc12. The molecule has 0 aliphatic carbocycles. The fraction of sp³-hybridized carbons (Fsp3) is 0.217. The van der Waals surface area contributed by atoms with Gasteiger partial charge in [0.15, 0.2) is 5.96 Å². The highest BCUT2D eigenvalue weighted by molar-refractivity contribution is 5.85. The van der Waals surface area contributed by atoms with Gasteiger partial charge in [0.1, 0.15) is 12.4 Å². The molecule has 0 saturated carbocycles. The van der Waals surface area contributed by atoms with E-state index in [-0.39, 0.29) is 0 Å². The largest absolute Gasteiger partial charge is 0.489 e. The van der Waals surface area contributed by atoms with Crippen molar-refractivity contribution in [2.75, 3.05) is 13.2 Å². The molecule has 0 aliphatic rings. The Hall–Kier alpha value is -3.34. The average molecular weight is 374 g/mol. The molecule has 3 aromatic rings. The lowest BCUT2D eigenvalue weighted by atomic mass is 10.1. The molecule has 0 radical (unpaired) electrons. The normalized spacial score (nSPS) is 11.2. The molecular weight excluding hydrogens is 348 g/mol. The first-order valence-electron chi connectivity index (χ1n) is 9.48. The van der Waals surface area contributed by atoms with Crippen molar-refractivity contribution in [2.24, 2.45) is 4.99 Å². The number of para-hydroxylation sites is 1. The standard InChI is InChI=1S/C23H26N4O/c1-3-15-28-22-12-8-6-10-19(22)16-26-23(24-4-2)27-17-21-20-11-7-5-9-18(20)13-14-25-21/h3,5-14H,1,4,15-17H2,2H3,(H2,24,26,27). The number of pyridine rings is 1. The number of nitrogens with zero attached hydrogens (tertiary/aromatic N) is 2. The van der Waals surface area contributed by atoms with Crippen LogP contribution in [0.4, 0.5) is 0 Å². The van der Waals surface area contributed by atoms with Gasteiger partial charge in [-0.25, -0.2) is 4.99 Å². The molecule has 144 valence electrons. The summed E-state index contributed by atoms with van der Waals surface area (Å²) in [5.41, 5.74) is 2.03. The van der Waals surface area contributed by atoms with Crippen molar-refractivity contribution < 1.29 is 4.74 Å². The van der Waals surface area contributed by atoms with Crippen LogP contribution in [0.25, 0.3) is 10.8 Å². The van der Waals surface area contributed by atoms with E-state index in [0.717, 1.165) is 34.9 Å². The van der Waals surface area contributed by atoms with E-state index < -0.39 is 0 Å². The molecule has 5 heteroatoms. The average Bonchev–Trinajstić information content (AvgIpc) is 2.74. The highest BCUT2D eigenvalue weighted by Gasteiger charge is 2.05. The van der Waals surface area contributed by atoms with Gasteiger partial charge in [-0.05, 0) is 24.4 Å². The molecule has 5 nitrogen and oxygen atoms in total. The van der Waals surface area contributed by atoms with Gasteiger partial charge in [-0.3, -0.25) is 4.98 Å². The van der Waals surface area contributed by atoms with E-state index in [0.29, 0.717) is 19.7 Å². The molecule has 0 atom stereocenters. The Morgan fingerprint density at radius 1 is 1.11 bits per heavy atom. The van der Waals surface area contributed by atoms with Gasteiger partial charge in [0.05, 0.1) is 18.8 Å². The number of guanidine groups is 1. The van der Waals surface area contributed by atoms with Gasteiger partial charge in [0.25, 0.3) is 0 Å². The molecule has 0 spiro atoms. The number of benzene rings is 2. The van der Waals surface area contributed by atoms with Gasteiger partial charge in [0, 0.05) is 23.7 Å². The molecule has 0 aliphatic heterocycles. The van der Waals surface area contributed by atoms with Crippen LogP contribution in [0, 0.1) is 0 Å². The zero-order valence-electron chi connectivity index (χ0n) is 16.2. The summed E-state index contributed by atoms with van der Waals surface area (Å²) >= 11 is 0. The number of hydrogen-bond acceptors (Lipinski definition) is 3. The van der Waals surface area contributed by atoms with E-state index in [2.05, 4.69) is 41.3 Å². The number of ether oxygens (including phenoxy) is 1. The Kier molecular flexibility index (Phi) is 7.01. The van der Waals surface area contributed by atoms with Crippen LogP contribution in [0.5, 0.6) is 5.75 Å². The molecule has 3 rings (SSSR count). The summed E-state index contributed by atoms with van der Waals surface area (Å²) in [5, 5.41) is 9.00. The number of fused-ring (bicyclic) bond motifs is 1. The zero-order valence-corrected chi connectivity index (χ0v) is 16.2. The zero-order chi connectivity index (χ0) is 19.6. The molecule has 1 heterocycles. The first-order valence-corrected chi connectivity index (χ1v) is 9.48. The smallest absolute Gasteiger partial charge is 0.191 e. The topological polar surface area (TPSA) is 58.5 Å². The summed E-state index contributed by atoms with van der Waals surface area (Å²) in [5.74, 6) is 1.58. The van der Waals surface area contributed by atoms with Crippen LogP contribution in [-0.2, 0) is 13.1 Å². The third-order valence-electron chi connectivity index (χ3n) is 4.26. The summed E-state index contributed by atoms with van der Waals surface area (Å²) in [4.78, 5) is 9.24. The molecule has 0 unspecified atom stereocenters. The first-order chi connectivity index (χ1) is 13.8. The van der Waals surface area contributed by atoms with Gasteiger partial charge < -0.3 is 15.4 Å². The van der Waals surface area contributed by atoms with Crippen molar-refractivity contribution >= 4 is 16.7 Å². The first kappa shape index (κ1) is 19.4. The van der Waals surface area contributed by atoms with Gasteiger partial charge in [-0.15, -0.1) is 0 Å². The Labute approximate surface area is 166 Å². The fourth-order valence-corrected chi connectivity index (χ4v) is 2.92. The molecule has 0 bridgehead atoms. The third-order valence-corrected chi connectivity index (χ3v) is 4.26. The van der Waals surface area contributed by atoms with Crippen molar-refractivity contribution in [3.63, 3.8) is 0 Å². The minimum atomic E-state index is 0.478. The van der Waals surface area contributed by atoms with Crippen LogP contribution < -0.4 is 15.4 Å². The van der Waals surface area contributed by atoms with Gasteiger partial charge in [-0.2, -0.15) is 0 Å². The minimum absolute atomic E-state index is 0.478. The quantitative estimate of drug-likeness (QED) is 0.355. The Morgan fingerprint density at radius 2 is 1.93 bits per heavy atom. The lowest BCUT2D eigenvalue weighted by Gasteiger charge is -2.13. The van der Waals surface area contributed by atoms with Crippen molar-refractivity contribution in [1.29, 1.82) is 0 Å². The summed E-state index contributed by atoms with van der Waals surface area (Å²) in [6, 6.07) is 18.2. The van der Waals surface area contributed by atoms with E-state index in [4.69, 9.17) is 9.73 Å². The van der Waals surface area contributed by atoms with Crippen LogP contribution in [0.15, 0.2) is 78.4 Å². The predicted molar refractivity (Wildman–Crippen MR) is 116 cm³/mol. The van der Waals surface area contributed by atoms with Crippen LogP contribution in [-0.4, -0.2) is 24.1 Å². The van der Waals surface area contributed by atoms with E-state index in [1.165, 1.54) is 5.39 Å². The number of hydrogen-bond donors (Lipinski definition) is 2. The van der Waals surface area contributed by atoms with Crippen molar-refractivity contribution in [3.8, 4) is 5.75 Å². The van der Waals surface area contributed by atoms with Gasteiger partial charge in [0.2, 0.25) is 0 Å². The van der Waals surface area contributed by atoms with Crippen molar-refractivity contribution in [1.82, 2.24) is 15.6 Å². The van der Waals surface area contributed by atoms with Crippen molar-refractivity contribution in [2.45, 2.75) is 20.0 Å². The highest BCUT2D eigenvalue weighted by Crippen LogP contribution is 2.19. The second-order valence-corrected chi connectivity index (χ2v) is 6.23. The third kappa shape index (κ3) is 5.10. The molecule has 2 aromatic carbocycles. The molecule has 1 aromatic heterocycles. The van der Waals surface area contributed by atoms with Crippen molar-refractivity contribution in [3.05, 3.63) is 84.7 Å². The van der Waals surface area contributed by atoms with Gasteiger partial charge >= 0.3 is 0 Å². The summed E-state index contributed by atoms with van der Waals surface area (Å²) in [6.45, 7) is 8.13. The minimum Gasteiger partial charge on any atom is -0.489 e. The Balaban J connectivity index is 1.72. The molecule has 0 saturated heterocycles. The number of rotatable bonds is 8. The lowest BCUT2D eigenvalue weighted by Crippen LogP contribution is -2.37. The van der Waals surface area contributed by atoms with E-state index in [1.807, 2.05) is 48.7 Å². The van der Waals surface area contributed by atoms with Gasteiger partial charge in [-0.1, -0.05) is 55.1 Å². The monoisotopic (exact) mass is 374 g/mol. The maximum Gasteiger partial charge on any atom is 0.191 e. The molecule has 2 N–H and O–H groups in total. The van der Waals surface area contributed by atoms with Crippen LogP contribution >= 0.6 is 0 Å². The lowest BCUT2D eigenvalue weighted by molar-refractivity contribution is 0.359. The molecular formula is C23H26N4O. The molecule has 0 fully saturated rings. The van der Waals surface area contributed by atoms with E-state index in [1.54, 1.807) is 6.08 Å². The maximum atomic E-state index is 5.72.